The van der Waals surface area contributed by atoms with E-state index in [1.165, 1.54) is 38.1 Å². The largest absolute Gasteiger partial charge is 0.484 e. The maximum atomic E-state index is 12.0. The molecule has 3 N–H and O–H groups in total. The summed E-state index contributed by atoms with van der Waals surface area (Å²) < 4.78 is 10.4. The molecule has 0 aliphatic heterocycles. The van der Waals surface area contributed by atoms with Gasteiger partial charge >= 0.3 is 0 Å². The minimum Gasteiger partial charge on any atom is -0.484 e. The highest BCUT2D eigenvalue weighted by molar-refractivity contribution is 6.12. The number of nitrogens with one attached hydrogen (secondary N) is 1. The summed E-state index contributed by atoms with van der Waals surface area (Å²) in [6.45, 7) is 2.25. The highest BCUT2D eigenvalue weighted by Gasteiger charge is 2.26. The third-order valence-electron chi connectivity index (χ3n) is 3.35. The van der Waals surface area contributed by atoms with Crippen molar-refractivity contribution in [1.82, 2.24) is 0 Å². The Morgan fingerprint density at radius 1 is 1.23 bits per heavy atom. The number of carbonyl (C=O) groups is 3. The van der Waals surface area contributed by atoms with Gasteiger partial charge in [-0.25, -0.2) is 0 Å². The quantitative estimate of drug-likeness (QED) is 0.433. The summed E-state index contributed by atoms with van der Waals surface area (Å²) in [5, 5.41) is 12.9. The average Bonchev–Trinajstić information content (AvgIpc) is 2.89. The lowest BCUT2D eigenvalue weighted by atomic mass is 10.1. The lowest BCUT2D eigenvalue weighted by molar-refractivity contribution is -0.384. The zero-order chi connectivity index (χ0) is 19.4. The number of benzene rings is 1. The summed E-state index contributed by atoms with van der Waals surface area (Å²) in [7, 11) is 0. The molecule has 26 heavy (non-hydrogen) atoms. The van der Waals surface area contributed by atoms with Crippen molar-refractivity contribution in [1.29, 1.82) is 0 Å². The van der Waals surface area contributed by atoms with Crippen LogP contribution in [-0.4, -0.2) is 29.1 Å². The molecule has 1 aromatic heterocycles. The lowest BCUT2D eigenvalue weighted by Crippen LogP contribution is -2.23. The fourth-order valence-corrected chi connectivity index (χ4v) is 2.27. The van der Waals surface area contributed by atoms with Gasteiger partial charge in [-0.15, -0.1) is 0 Å². The van der Waals surface area contributed by atoms with E-state index in [4.69, 9.17) is 14.9 Å². The summed E-state index contributed by atoms with van der Waals surface area (Å²) in [5.41, 5.74) is 4.94. The topological polar surface area (TPSA) is 155 Å². The van der Waals surface area contributed by atoms with Gasteiger partial charge in [0.05, 0.1) is 10.5 Å². The number of furan rings is 1. The number of ether oxygens (including phenoxy) is 1. The van der Waals surface area contributed by atoms with Crippen molar-refractivity contribution < 1.29 is 28.5 Å². The van der Waals surface area contributed by atoms with Gasteiger partial charge in [-0.2, -0.15) is 0 Å². The monoisotopic (exact) mass is 361 g/mol. The fraction of sp³-hybridized carbons (Fsp3) is 0.188. The Morgan fingerprint density at radius 3 is 2.35 bits per heavy atom. The smallest absolute Gasteiger partial charge is 0.269 e. The SMILES string of the molecule is CC(=O)c1c(C)oc(NC(=O)COc2ccc([N+](=O)[O-])cc2)c1C(N)=O. The molecular formula is C16H15N3O7. The van der Waals surface area contributed by atoms with Crippen LogP contribution in [-0.2, 0) is 4.79 Å². The summed E-state index contributed by atoms with van der Waals surface area (Å²) in [4.78, 5) is 45.2. The number of nitro groups is 1. The van der Waals surface area contributed by atoms with Crippen LogP contribution in [0.1, 0.15) is 33.4 Å². The molecule has 0 aliphatic carbocycles. The van der Waals surface area contributed by atoms with E-state index in [1.807, 2.05) is 0 Å². The van der Waals surface area contributed by atoms with Crippen molar-refractivity contribution in [2.45, 2.75) is 13.8 Å². The van der Waals surface area contributed by atoms with E-state index >= 15 is 0 Å². The van der Waals surface area contributed by atoms with Crippen LogP contribution in [0.4, 0.5) is 11.6 Å². The molecule has 136 valence electrons. The molecule has 0 aliphatic rings. The lowest BCUT2D eigenvalue weighted by Gasteiger charge is -2.06. The number of Topliss-reactive ketones (excluding diaryl/α,β-unsaturated/α-hetero) is 1. The second-order valence-electron chi connectivity index (χ2n) is 5.25. The van der Waals surface area contributed by atoms with Crippen molar-refractivity contribution in [3.8, 4) is 5.75 Å². The Labute approximate surface area is 147 Å². The van der Waals surface area contributed by atoms with E-state index in [2.05, 4.69) is 5.32 Å². The molecule has 0 spiro atoms. The third kappa shape index (κ3) is 4.04. The van der Waals surface area contributed by atoms with Gasteiger partial charge in [-0.05, 0) is 26.0 Å². The normalized spacial score (nSPS) is 10.2. The van der Waals surface area contributed by atoms with Crippen LogP contribution >= 0.6 is 0 Å². The molecule has 10 nitrogen and oxygen atoms in total. The summed E-state index contributed by atoms with van der Waals surface area (Å²) in [6.07, 6.45) is 0. The maximum absolute atomic E-state index is 12.0. The number of ketones is 1. The number of non-ortho nitro benzene ring substituents is 1. The highest BCUT2D eigenvalue weighted by atomic mass is 16.6. The van der Waals surface area contributed by atoms with E-state index in [-0.39, 0.29) is 34.2 Å². The average molecular weight is 361 g/mol. The minimum absolute atomic E-state index is 0.00378. The van der Waals surface area contributed by atoms with Crippen molar-refractivity contribution in [2.75, 3.05) is 11.9 Å². The van der Waals surface area contributed by atoms with Gasteiger partial charge in [0, 0.05) is 12.1 Å². The maximum Gasteiger partial charge on any atom is 0.269 e. The van der Waals surface area contributed by atoms with Gasteiger partial charge in [-0.1, -0.05) is 0 Å². The zero-order valence-electron chi connectivity index (χ0n) is 13.9. The third-order valence-corrected chi connectivity index (χ3v) is 3.35. The molecular weight excluding hydrogens is 346 g/mol. The van der Waals surface area contributed by atoms with E-state index in [9.17, 15) is 24.5 Å². The molecule has 0 saturated heterocycles. The first kappa shape index (κ1) is 18.6. The molecule has 2 amide bonds. The summed E-state index contributed by atoms with van der Waals surface area (Å²) >= 11 is 0. The number of anilines is 1. The van der Waals surface area contributed by atoms with E-state index in [0.717, 1.165) is 0 Å². The number of carbonyl (C=O) groups excluding carboxylic acids is 3. The number of hydrogen-bond donors (Lipinski definition) is 2. The molecule has 0 bridgehead atoms. The Bertz CT molecular complexity index is 884. The standard InChI is InChI=1S/C16H15N3O7/c1-8(20)13-9(2)26-16(14(13)15(17)22)18-12(21)7-25-11-5-3-10(4-6-11)19(23)24/h3-6H,7H2,1-2H3,(H2,17,22)(H,18,21). The van der Waals surface area contributed by atoms with E-state index in [0.29, 0.717) is 0 Å². The first-order valence-corrected chi connectivity index (χ1v) is 7.32. The van der Waals surface area contributed by atoms with Gasteiger partial charge in [0.1, 0.15) is 17.1 Å². The molecule has 0 unspecified atom stereocenters. The van der Waals surface area contributed by atoms with Crippen LogP contribution in [0.2, 0.25) is 0 Å². The van der Waals surface area contributed by atoms with Crippen LogP contribution in [0.5, 0.6) is 5.75 Å². The number of primary amides is 1. The Hall–Kier alpha value is -3.69. The number of aryl methyl sites for hydroxylation is 1. The van der Waals surface area contributed by atoms with Crippen LogP contribution < -0.4 is 15.8 Å². The number of nitrogens with two attached hydrogens (primary N) is 1. The molecule has 1 heterocycles. The van der Waals surface area contributed by atoms with E-state index in [1.54, 1.807) is 0 Å². The molecule has 0 atom stereocenters. The molecule has 1 aromatic carbocycles. The number of nitro benzene ring substituents is 1. The number of hydrogen-bond acceptors (Lipinski definition) is 7. The fourth-order valence-electron chi connectivity index (χ4n) is 2.27. The van der Waals surface area contributed by atoms with Crippen LogP contribution in [0.25, 0.3) is 0 Å². The highest BCUT2D eigenvalue weighted by Crippen LogP contribution is 2.27. The Kier molecular flexibility index (Phi) is 5.36. The van der Waals surface area contributed by atoms with E-state index < -0.39 is 29.1 Å². The predicted molar refractivity (Wildman–Crippen MR) is 89.2 cm³/mol. The molecule has 0 saturated carbocycles. The summed E-state index contributed by atoms with van der Waals surface area (Å²) in [5.74, 6) is -1.87. The van der Waals surface area contributed by atoms with Gasteiger partial charge in [0.15, 0.2) is 12.4 Å². The zero-order valence-corrected chi connectivity index (χ0v) is 13.9. The minimum atomic E-state index is -0.918. The molecule has 2 aromatic rings. The van der Waals surface area contributed by atoms with Crippen molar-refractivity contribution in [3.05, 3.63) is 51.3 Å². The van der Waals surface area contributed by atoms with Crippen molar-refractivity contribution in [2.24, 2.45) is 5.73 Å². The summed E-state index contributed by atoms with van der Waals surface area (Å²) in [6, 6.07) is 5.14. The first-order chi connectivity index (χ1) is 12.2. The van der Waals surface area contributed by atoms with Crippen molar-refractivity contribution >= 4 is 29.2 Å². The number of nitrogens with zero attached hydrogens (tertiary/aromatic N) is 1. The molecule has 0 fully saturated rings. The number of rotatable bonds is 7. The molecule has 0 radical (unpaired) electrons. The van der Waals surface area contributed by atoms with Crippen LogP contribution in [0.3, 0.4) is 0 Å². The van der Waals surface area contributed by atoms with Crippen LogP contribution in [0, 0.1) is 17.0 Å². The van der Waals surface area contributed by atoms with Gasteiger partial charge in [0.25, 0.3) is 17.5 Å². The van der Waals surface area contributed by atoms with Gasteiger partial charge < -0.3 is 14.9 Å². The van der Waals surface area contributed by atoms with Crippen molar-refractivity contribution in [3.63, 3.8) is 0 Å². The van der Waals surface area contributed by atoms with Gasteiger partial charge in [0.2, 0.25) is 5.88 Å². The molecule has 2 rings (SSSR count). The Balaban J connectivity index is 2.08. The second kappa shape index (κ2) is 7.47. The molecule has 10 heteroatoms. The van der Waals surface area contributed by atoms with Gasteiger partial charge in [-0.3, -0.25) is 29.8 Å². The van der Waals surface area contributed by atoms with Crippen LogP contribution in [0.15, 0.2) is 28.7 Å². The predicted octanol–water partition coefficient (Wildman–Crippen LogP) is 1.82. The first-order valence-electron chi connectivity index (χ1n) is 7.32. The second-order valence-corrected chi connectivity index (χ2v) is 5.25. The number of amides is 2. The Morgan fingerprint density at radius 2 is 1.85 bits per heavy atom.